The second-order valence-corrected chi connectivity index (χ2v) is 1.97. The first kappa shape index (κ1) is 13.5. The maximum atomic E-state index is 3.66. The largest absolute Gasteiger partial charge is 0.103 e. The van der Waals surface area contributed by atoms with Crippen LogP contribution in [0.15, 0.2) is 49.1 Å². The van der Waals surface area contributed by atoms with E-state index in [4.69, 9.17) is 0 Å². The van der Waals surface area contributed by atoms with Gasteiger partial charge in [-0.15, -0.1) is 6.58 Å². The van der Waals surface area contributed by atoms with E-state index in [1.165, 1.54) is 5.57 Å². The molecule has 0 spiro atoms. The standard InChI is InChI=1S/C10H14.C2H6/c1-4-7-10(8-5-2)9-6-3;1-2/h4-7,9H,1-2,8H2,3H3;1-2H3/b9-6-,10-7-;. The zero-order chi connectivity index (χ0) is 9.82. The Morgan fingerprint density at radius 3 is 2.17 bits per heavy atom. The topological polar surface area (TPSA) is 0 Å². The molecule has 0 fully saturated rings. The number of allylic oxidation sites excluding steroid dienone is 6. The van der Waals surface area contributed by atoms with Crippen LogP contribution in [0.5, 0.6) is 0 Å². The van der Waals surface area contributed by atoms with Gasteiger partial charge in [0.25, 0.3) is 0 Å². The Morgan fingerprint density at radius 1 is 1.25 bits per heavy atom. The third kappa shape index (κ3) is 8.96. The normalized spacial score (nSPS) is 10.4. The summed E-state index contributed by atoms with van der Waals surface area (Å²) < 4.78 is 0. The van der Waals surface area contributed by atoms with E-state index in [0.717, 1.165) is 6.42 Å². The monoisotopic (exact) mass is 164 g/mol. The van der Waals surface area contributed by atoms with E-state index in [-0.39, 0.29) is 0 Å². The van der Waals surface area contributed by atoms with Gasteiger partial charge in [-0.2, -0.15) is 0 Å². The molecule has 68 valence electrons. The van der Waals surface area contributed by atoms with Crippen LogP contribution in [0.1, 0.15) is 27.2 Å². The highest BCUT2D eigenvalue weighted by molar-refractivity contribution is 5.24. The lowest BCUT2D eigenvalue weighted by atomic mass is 10.1. The summed E-state index contributed by atoms with van der Waals surface area (Å²) >= 11 is 0. The fraction of sp³-hybridized carbons (Fsp3) is 0.333. The van der Waals surface area contributed by atoms with E-state index in [0.29, 0.717) is 0 Å². The summed E-state index contributed by atoms with van der Waals surface area (Å²) in [5, 5.41) is 0. The van der Waals surface area contributed by atoms with Crippen molar-refractivity contribution in [2.75, 3.05) is 0 Å². The SMILES string of the molecule is C=C/C=C(\C=C/C)CC=C.CC. The van der Waals surface area contributed by atoms with Crippen LogP contribution in [0.4, 0.5) is 0 Å². The van der Waals surface area contributed by atoms with Gasteiger partial charge in [0.15, 0.2) is 0 Å². The predicted octanol–water partition coefficient (Wildman–Crippen LogP) is 4.28. The lowest BCUT2D eigenvalue weighted by Gasteiger charge is -1.92. The van der Waals surface area contributed by atoms with Gasteiger partial charge in [0, 0.05) is 0 Å². The molecule has 0 aromatic heterocycles. The van der Waals surface area contributed by atoms with Crippen LogP contribution in [0.25, 0.3) is 0 Å². The molecule has 0 nitrogen and oxygen atoms in total. The maximum Gasteiger partial charge on any atom is -0.0100 e. The Kier molecular flexibility index (Phi) is 14.2. The Balaban J connectivity index is 0. The molecule has 0 heteroatoms. The Labute approximate surface area is 77.0 Å². The minimum absolute atomic E-state index is 0.913. The molecule has 0 amide bonds. The lowest BCUT2D eigenvalue weighted by Crippen LogP contribution is -1.72. The van der Waals surface area contributed by atoms with Crippen LogP contribution in [0.3, 0.4) is 0 Å². The zero-order valence-electron chi connectivity index (χ0n) is 8.51. The van der Waals surface area contributed by atoms with Gasteiger partial charge >= 0.3 is 0 Å². The molecular weight excluding hydrogens is 144 g/mol. The highest BCUT2D eigenvalue weighted by Crippen LogP contribution is 2.03. The molecule has 0 radical (unpaired) electrons. The molecule has 0 unspecified atom stereocenters. The van der Waals surface area contributed by atoms with Gasteiger partial charge in [-0.25, -0.2) is 0 Å². The Hall–Kier alpha value is -1.04. The van der Waals surface area contributed by atoms with E-state index in [2.05, 4.69) is 19.2 Å². The van der Waals surface area contributed by atoms with Crippen molar-refractivity contribution >= 4 is 0 Å². The third-order valence-electron chi connectivity index (χ3n) is 1.09. The molecule has 0 N–H and O–H groups in total. The van der Waals surface area contributed by atoms with Crippen LogP contribution < -0.4 is 0 Å². The fourth-order valence-electron chi connectivity index (χ4n) is 0.724. The second kappa shape index (κ2) is 12.6. The summed E-state index contributed by atoms with van der Waals surface area (Å²) in [6.07, 6.45) is 10.6. The van der Waals surface area contributed by atoms with E-state index in [1.807, 2.05) is 39.0 Å². The average Bonchev–Trinajstić information content (AvgIpc) is 2.10. The van der Waals surface area contributed by atoms with E-state index in [1.54, 1.807) is 6.08 Å². The van der Waals surface area contributed by atoms with Crippen molar-refractivity contribution in [3.8, 4) is 0 Å². The molecular formula is C12H20. The second-order valence-electron chi connectivity index (χ2n) is 1.97. The number of rotatable bonds is 4. The summed E-state index contributed by atoms with van der Waals surface area (Å²) in [4.78, 5) is 0. The summed E-state index contributed by atoms with van der Waals surface area (Å²) in [6.45, 7) is 13.3. The summed E-state index contributed by atoms with van der Waals surface area (Å²) in [5.41, 5.74) is 1.24. The van der Waals surface area contributed by atoms with E-state index < -0.39 is 0 Å². The predicted molar refractivity (Wildman–Crippen MR) is 59.3 cm³/mol. The van der Waals surface area contributed by atoms with Crippen molar-refractivity contribution < 1.29 is 0 Å². The number of hydrogen-bond acceptors (Lipinski definition) is 0. The first-order chi connectivity index (χ1) is 5.85. The highest BCUT2D eigenvalue weighted by Gasteiger charge is 1.83. The van der Waals surface area contributed by atoms with Crippen molar-refractivity contribution in [1.29, 1.82) is 0 Å². The molecule has 0 aliphatic carbocycles. The van der Waals surface area contributed by atoms with Gasteiger partial charge < -0.3 is 0 Å². The summed E-state index contributed by atoms with van der Waals surface area (Å²) in [6, 6.07) is 0. The molecule has 0 saturated heterocycles. The van der Waals surface area contributed by atoms with Crippen LogP contribution in [0, 0.1) is 0 Å². The third-order valence-corrected chi connectivity index (χ3v) is 1.09. The molecule has 0 aromatic rings. The van der Waals surface area contributed by atoms with Gasteiger partial charge in [-0.1, -0.05) is 50.8 Å². The van der Waals surface area contributed by atoms with Gasteiger partial charge in [0.05, 0.1) is 0 Å². The molecule has 0 aromatic carbocycles. The van der Waals surface area contributed by atoms with Crippen molar-refractivity contribution in [3.05, 3.63) is 49.1 Å². The first-order valence-corrected chi connectivity index (χ1v) is 4.40. The van der Waals surface area contributed by atoms with Crippen LogP contribution in [-0.2, 0) is 0 Å². The van der Waals surface area contributed by atoms with E-state index in [9.17, 15) is 0 Å². The van der Waals surface area contributed by atoms with E-state index >= 15 is 0 Å². The fourth-order valence-corrected chi connectivity index (χ4v) is 0.724. The highest BCUT2D eigenvalue weighted by atomic mass is 13.9. The van der Waals surface area contributed by atoms with Gasteiger partial charge in [-0.05, 0) is 18.9 Å². The van der Waals surface area contributed by atoms with Gasteiger partial charge in [0.1, 0.15) is 0 Å². The summed E-state index contributed by atoms with van der Waals surface area (Å²) in [7, 11) is 0. The Morgan fingerprint density at radius 2 is 1.83 bits per heavy atom. The molecule has 0 aliphatic heterocycles. The zero-order valence-corrected chi connectivity index (χ0v) is 8.51. The quantitative estimate of drug-likeness (QED) is 0.430. The average molecular weight is 164 g/mol. The van der Waals surface area contributed by atoms with Crippen molar-refractivity contribution in [3.63, 3.8) is 0 Å². The summed E-state index contributed by atoms with van der Waals surface area (Å²) in [5.74, 6) is 0. The molecule has 0 aliphatic rings. The molecule has 0 rings (SSSR count). The first-order valence-electron chi connectivity index (χ1n) is 4.40. The minimum Gasteiger partial charge on any atom is -0.103 e. The lowest BCUT2D eigenvalue weighted by molar-refractivity contribution is 1.29. The Bertz CT molecular complexity index is 159. The van der Waals surface area contributed by atoms with Crippen molar-refractivity contribution in [1.82, 2.24) is 0 Å². The van der Waals surface area contributed by atoms with Crippen molar-refractivity contribution in [2.45, 2.75) is 27.2 Å². The van der Waals surface area contributed by atoms with Crippen LogP contribution >= 0.6 is 0 Å². The molecule has 0 atom stereocenters. The van der Waals surface area contributed by atoms with Crippen LogP contribution in [0.2, 0.25) is 0 Å². The molecule has 0 heterocycles. The smallest absolute Gasteiger partial charge is 0.0100 e. The molecule has 0 bridgehead atoms. The van der Waals surface area contributed by atoms with Crippen LogP contribution in [-0.4, -0.2) is 0 Å². The maximum absolute atomic E-state index is 3.66. The number of hydrogen-bond donors (Lipinski definition) is 0. The van der Waals surface area contributed by atoms with Crippen molar-refractivity contribution in [2.24, 2.45) is 0 Å². The van der Waals surface area contributed by atoms with Gasteiger partial charge in [0.2, 0.25) is 0 Å². The minimum atomic E-state index is 0.913. The van der Waals surface area contributed by atoms with Gasteiger partial charge in [-0.3, -0.25) is 0 Å². The molecule has 12 heavy (non-hydrogen) atoms. The molecule has 0 saturated carbocycles.